The van der Waals surface area contributed by atoms with E-state index >= 15 is 0 Å². The van der Waals surface area contributed by atoms with Gasteiger partial charge in [-0.25, -0.2) is 0 Å². The molecule has 4 nitrogen and oxygen atoms in total. The van der Waals surface area contributed by atoms with E-state index in [1.165, 1.54) is 11.3 Å². The molecule has 1 amide bonds. The number of carbonyl (C=O) groups excluding carboxylic acids is 1. The van der Waals surface area contributed by atoms with Crippen molar-refractivity contribution in [2.24, 2.45) is 0 Å². The van der Waals surface area contributed by atoms with Gasteiger partial charge in [-0.1, -0.05) is 17.4 Å². The summed E-state index contributed by atoms with van der Waals surface area (Å²) < 4.78 is 0. The molecular formula is C10H11N3OS2. The van der Waals surface area contributed by atoms with E-state index in [-0.39, 0.29) is 11.8 Å². The number of thiophene rings is 1. The lowest BCUT2D eigenvalue weighted by Gasteiger charge is -2.17. The maximum atomic E-state index is 12.1. The Morgan fingerprint density at radius 1 is 1.50 bits per heavy atom. The standard InChI is InChI=1S/C10H11N3OS2/c1-7(8-4-3-5-15-8)9(14)13(2)10-12-11-6-16-10/h3-7H,1-2H3. The predicted octanol–water partition coefficient (Wildman–Crippen LogP) is 2.37. The Balaban J connectivity index is 2.14. The van der Waals surface area contributed by atoms with Gasteiger partial charge in [0.05, 0.1) is 5.92 Å². The number of aromatic nitrogens is 2. The SMILES string of the molecule is CC(C(=O)N(C)c1nncs1)c1cccs1. The second-order valence-electron chi connectivity index (χ2n) is 3.36. The zero-order chi connectivity index (χ0) is 11.5. The first-order valence-corrected chi connectivity index (χ1v) is 6.53. The van der Waals surface area contributed by atoms with Gasteiger partial charge in [0.25, 0.3) is 0 Å². The maximum absolute atomic E-state index is 12.1. The number of nitrogens with zero attached hydrogens (tertiary/aromatic N) is 3. The van der Waals surface area contributed by atoms with Gasteiger partial charge in [-0.3, -0.25) is 9.69 Å². The highest BCUT2D eigenvalue weighted by Crippen LogP contribution is 2.25. The molecule has 0 spiro atoms. The Morgan fingerprint density at radius 3 is 2.88 bits per heavy atom. The summed E-state index contributed by atoms with van der Waals surface area (Å²) in [6, 6.07) is 3.93. The highest BCUT2D eigenvalue weighted by Gasteiger charge is 2.22. The summed E-state index contributed by atoms with van der Waals surface area (Å²) in [5.74, 6) is -0.0897. The van der Waals surface area contributed by atoms with Crippen LogP contribution in [0.2, 0.25) is 0 Å². The molecule has 0 aliphatic carbocycles. The number of rotatable bonds is 3. The molecule has 1 unspecified atom stereocenters. The smallest absolute Gasteiger partial charge is 0.236 e. The zero-order valence-electron chi connectivity index (χ0n) is 8.95. The Kier molecular flexibility index (Phi) is 3.31. The lowest BCUT2D eigenvalue weighted by atomic mass is 10.1. The van der Waals surface area contributed by atoms with Crippen molar-refractivity contribution in [2.45, 2.75) is 12.8 Å². The summed E-state index contributed by atoms with van der Waals surface area (Å²) in [5, 5.41) is 10.2. The van der Waals surface area contributed by atoms with Crippen molar-refractivity contribution in [1.29, 1.82) is 0 Å². The van der Waals surface area contributed by atoms with E-state index < -0.39 is 0 Å². The van der Waals surface area contributed by atoms with Crippen LogP contribution in [0.3, 0.4) is 0 Å². The van der Waals surface area contributed by atoms with Gasteiger partial charge in [-0.2, -0.15) is 0 Å². The fraction of sp³-hybridized carbons (Fsp3) is 0.300. The number of amides is 1. The number of hydrogen-bond acceptors (Lipinski definition) is 5. The molecule has 16 heavy (non-hydrogen) atoms. The van der Waals surface area contributed by atoms with Crippen molar-refractivity contribution >= 4 is 33.7 Å². The average molecular weight is 253 g/mol. The second-order valence-corrected chi connectivity index (χ2v) is 5.15. The summed E-state index contributed by atoms with van der Waals surface area (Å²) in [5.41, 5.74) is 1.62. The molecule has 2 aromatic rings. The normalized spacial score (nSPS) is 12.4. The van der Waals surface area contributed by atoms with E-state index in [1.54, 1.807) is 28.8 Å². The van der Waals surface area contributed by atoms with E-state index in [0.29, 0.717) is 5.13 Å². The molecule has 0 saturated carbocycles. The summed E-state index contributed by atoms with van der Waals surface area (Å²) in [4.78, 5) is 14.7. The number of hydrogen-bond donors (Lipinski definition) is 0. The Labute approximate surface area is 102 Å². The Hall–Kier alpha value is -1.27. The van der Waals surface area contributed by atoms with Crippen molar-refractivity contribution in [3.8, 4) is 0 Å². The van der Waals surface area contributed by atoms with Gasteiger partial charge >= 0.3 is 0 Å². The lowest BCUT2D eigenvalue weighted by molar-refractivity contribution is -0.119. The van der Waals surface area contributed by atoms with E-state index in [4.69, 9.17) is 0 Å². The first kappa shape index (κ1) is 11.2. The highest BCUT2D eigenvalue weighted by molar-refractivity contribution is 7.13. The number of likely N-dealkylation sites (N-methyl/N-ethyl adjacent to an activating group) is 1. The van der Waals surface area contributed by atoms with Crippen molar-refractivity contribution in [3.05, 3.63) is 27.9 Å². The Morgan fingerprint density at radius 2 is 2.31 bits per heavy atom. The molecule has 0 aliphatic heterocycles. The molecule has 0 bridgehead atoms. The van der Waals surface area contributed by atoms with Gasteiger partial charge < -0.3 is 0 Å². The summed E-state index contributed by atoms with van der Waals surface area (Å²) >= 11 is 2.95. The van der Waals surface area contributed by atoms with Gasteiger partial charge in [-0.05, 0) is 18.4 Å². The van der Waals surface area contributed by atoms with E-state index in [1.807, 2.05) is 24.4 Å². The van der Waals surface area contributed by atoms with Crippen LogP contribution >= 0.6 is 22.7 Å². The van der Waals surface area contributed by atoms with Gasteiger partial charge in [0, 0.05) is 11.9 Å². The van der Waals surface area contributed by atoms with E-state index in [2.05, 4.69) is 10.2 Å². The van der Waals surface area contributed by atoms with Crippen LogP contribution in [0.5, 0.6) is 0 Å². The van der Waals surface area contributed by atoms with Gasteiger partial charge in [0.2, 0.25) is 11.0 Å². The fourth-order valence-electron chi connectivity index (χ4n) is 1.36. The van der Waals surface area contributed by atoms with Crippen molar-refractivity contribution in [2.75, 3.05) is 11.9 Å². The Bertz CT molecular complexity index is 410. The third kappa shape index (κ3) is 2.12. The molecule has 2 aromatic heterocycles. The summed E-state index contributed by atoms with van der Waals surface area (Å²) in [6.07, 6.45) is 0. The molecule has 84 valence electrons. The average Bonchev–Trinajstić information content (AvgIpc) is 2.97. The minimum Gasteiger partial charge on any atom is -0.289 e. The number of anilines is 1. The third-order valence-corrected chi connectivity index (χ3v) is 4.13. The van der Waals surface area contributed by atoms with Gasteiger partial charge in [0.1, 0.15) is 5.51 Å². The predicted molar refractivity (Wildman–Crippen MR) is 66.1 cm³/mol. The van der Waals surface area contributed by atoms with Crippen LogP contribution in [0.4, 0.5) is 5.13 Å². The minimum absolute atomic E-state index is 0.0409. The van der Waals surface area contributed by atoms with Crippen LogP contribution in [0, 0.1) is 0 Å². The monoisotopic (exact) mass is 253 g/mol. The topological polar surface area (TPSA) is 46.1 Å². The third-order valence-electron chi connectivity index (χ3n) is 2.31. The molecule has 1 atom stereocenters. The molecule has 0 aliphatic rings. The van der Waals surface area contributed by atoms with Crippen LogP contribution < -0.4 is 4.90 Å². The molecule has 2 rings (SSSR count). The molecule has 0 radical (unpaired) electrons. The molecule has 0 fully saturated rings. The van der Waals surface area contributed by atoms with E-state index in [0.717, 1.165) is 4.88 Å². The molecular weight excluding hydrogens is 242 g/mol. The van der Waals surface area contributed by atoms with Crippen LogP contribution in [0.15, 0.2) is 23.0 Å². The number of carbonyl (C=O) groups is 1. The van der Waals surface area contributed by atoms with E-state index in [9.17, 15) is 4.79 Å². The first-order chi connectivity index (χ1) is 7.70. The summed E-state index contributed by atoms with van der Waals surface area (Å²) in [7, 11) is 1.73. The van der Waals surface area contributed by atoms with Crippen LogP contribution in [0.1, 0.15) is 17.7 Å². The van der Waals surface area contributed by atoms with Crippen molar-refractivity contribution in [1.82, 2.24) is 10.2 Å². The quantitative estimate of drug-likeness (QED) is 0.843. The van der Waals surface area contributed by atoms with Crippen LogP contribution in [-0.2, 0) is 4.79 Å². The van der Waals surface area contributed by atoms with Gasteiger partial charge in [-0.15, -0.1) is 21.5 Å². The molecule has 0 N–H and O–H groups in total. The molecule has 6 heteroatoms. The highest BCUT2D eigenvalue weighted by atomic mass is 32.1. The first-order valence-electron chi connectivity index (χ1n) is 4.77. The molecule has 2 heterocycles. The second kappa shape index (κ2) is 4.71. The fourth-order valence-corrected chi connectivity index (χ4v) is 2.66. The largest absolute Gasteiger partial charge is 0.289 e. The van der Waals surface area contributed by atoms with Crippen molar-refractivity contribution in [3.63, 3.8) is 0 Å². The van der Waals surface area contributed by atoms with Crippen LogP contribution in [-0.4, -0.2) is 23.2 Å². The van der Waals surface area contributed by atoms with Gasteiger partial charge in [0.15, 0.2) is 0 Å². The lowest BCUT2D eigenvalue weighted by Crippen LogP contribution is -2.30. The van der Waals surface area contributed by atoms with Crippen LogP contribution in [0.25, 0.3) is 0 Å². The zero-order valence-corrected chi connectivity index (χ0v) is 10.6. The maximum Gasteiger partial charge on any atom is 0.236 e. The minimum atomic E-state index is -0.131. The van der Waals surface area contributed by atoms with Crippen molar-refractivity contribution < 1.29 is 4.79 Å². The summed E-state index contributed by atoms with van der Waals surface area (Å²) in [6.45, 7) is 1.91. The molecule has 0 aromatic carbocycles. The molecule has 0 saturated heterocycles.